The van der Waals surface area contributed by atoms with Crippen LogP contribution in [0.15, 0.2) is 47.3 Å². The lowest BCUT2D eigenvalue weighted by Crippen LogP contribution is -2.57. The smallest absolute Gasteiger partial charge is 0.323 e. The van der Waals surface area contributed by atoms with Gasteiger partial charge in [-0.3, -0.25) is 4.79 Å². The van der Waals surface area contributed by atoms with E-state index < -0.39 is 6.04 Å². The van der Waals surface area contributed by atoms with E-state index >= 15 is 0 Å². The van der Waals surface area contributed by atoms with Gasteiger partial charge in [-0.05, 0) is 80.9 Å². The molecule has 1 atom stereocenters. The van der Waals surface area contributed by atoms with Gasteiger partial charge in [-0.15, -0.1) is 0 Å². The highest BCUT2D eigenvalue weighted by molar-refractivity contribution is 5.92. The van der Waals surface area contributed by atoms with Crippen molar-refractivity contribution >= 4 is 34.7 Å². The van der Waals surface area contributed by atoms with Gasteiger partial charge >= 0.3 is 17.8 Å². The highest BCUT2D eigenvalue weighted by Gasteiger charge is 2.35. The third-order valence-electron chi connectivity index (χ3n) is 10.4. The lowest BCUT2D eigenvalue weighted by atomic mass is 9.98. The van der Waals surface area contributed by atoms with Crippen molar-refractivity contribution in [3.8, 4) is 0 Å². The highest BCUT2D eigenvalue weighted by Crippen LogP contribution is 2.28. The van der Waals surface area contributed by atoms with E-state index in [0.717, 1.165) is 42.7 Å². The number of hydrogen-bond donors (Lipinski definition) is 4. The molecular weight excluding hydrogens is 584 g/mol. The van der Waals surface area contributed by atoms with Crippen molar-refractivity contribution in [2.75, 3.05) is 44.6 Å². The van der Waals surface area contributed by atoms with E-state index in [0.29, 0.717) is 69.1 Å². The zero-order valence-corrected chi connectivity index (χ0v) is 26.3. The molecular formula is C34H44N8O4. The average molecular weight is 629 g/mol. The monoisotopic (exact) mass is 628 g/mol. The zero-order valence-electron chi connectivity index (χ0n) is 26.3. The van der Waals surface area contributed by atoms with E-state index in [4.69, 9.17) is 0 Å². The number of aromatic amines is 2. The number of benzene rings is 2. The number of imidazole rings is 1. The maximum absolute atomic E-state index is 14.0. The summed E-state index contributed by atoms with van der Waals surface area (Å²) in [5, 5.41) is 6.08. The molecule has 1 aromatic heterocycles. The number of urea groups is 2. The van der Waals surface area contributed by atoms with Crippen molar-refractivity contribution in [3.63, 3.8) is 0 Å². The van der Waals surface area contributed by atoms with Gasteiger partial charge in [0.05, 0.1) is 11.0 Å². The molecule has 4 aliphatic rings. The van der Waals surface area contributed by atoms with E-state index in [9.17, 15) is 19.2 Å². The van der Waals surface area contributed by atoms with Crippen LogP contribution in [0.1, 0.15) is 56.1 Å². The number of nitrogens with one attached hydrogen (secondary N) is 4. The van der Waals surface area contributed by atoms with Crippen molar-refractivity contribution in [2.24, 2.45) is 0 Å². The van der Waals surface area contributed by atoms with Crippen LogP contribution in [0, 0.1) is 0 Å². The fourth-order valence-electron chi connectivity index (χ4n) is 7.74. The van der Waals surface area contributed by atoms with Gasteiger partial charge in [0.15, 0.2) is 0 Å². The SMILES string of the molecule is O=C(N[C@H](Cc1ccc2[nH]c(=O)[nH]c2c1)C(=O)N1CCC(N2CCCCC2)CC1)N1CCC(N2Cc3ccccc3NC2=O)CC1. The third kappa shape index (κ3) is 6.48. The van der Waals surface area contributed by atoms with Gasteiger partial charge in [0, 0.05) is 56.9 Å². The van der Waals surface area contributed by atoms with E-state index in [1.807, 2.05) is 52.3 Å². The van der Waals surface area contributed by atoms with Crippen LogP contribution in [0.4, 0.5) is 15.3 Å². The van der Waals surface area contributed by atoms with Crippen molar-refractivity contribution in [1.82, 2.24) is 34.9 Å². The molecule has 3 aromatic rings. The molecule has 2 aromatic carbocycles. The third-order valence-corrected chi connectivity index (χ3v) is 10.4. The van der Waals surface area contributed by atoms with Gasteiger partial charge < -0.3 is 40.2 Å². The molecule has 5 amide bonds. The average Bonchev–Trinajstić information content (AvgIpc) is 3.47. The van der Waals surface area contributed by atoms with Gasteiger partial charge in [0.25, 0.3) is 0 Å². The molecule has 46 heavy (non-hydrogen) atoms. The van der Waals surface area contributed by atoms with Crippen LogP contribution in [-0.2, 0) is 17.8 Å². The zero-order chi connectivity index (χ0) is 31.6. The van der Waals surface area contributed by atoms with Crippen molar-refractivity contribution in [2.45, 2.75) is 76.0 Å². The molecule has 4 aliphatic heterocycles. The number of rotatable bonds is 6. The summed E-state index contributed by atoms with van der Waals surface area (Å²) in [4.78, 5) is 66.1. The number of likely N-dealkylation sites (tertiary alicyclic amines) is 3. The minimum Gasteiger partial charge on any atom is -0.341 e. The first-order chi connectivity index (χ1) is 22.4. The van der Waals surface area contributed by atoms with Gasteiger partial charge in [0.1, 0.15) is 6.04 Å². The molecule has 0 bridgehead atoms. The molecule has 0 spiro atoms. The van der Waals surface area contributed by atoms with Gasteiger partial charge in [-0.25, -0.2) is 14.4 Å². The predicted octanol–water partition coefficient (Wildman–Crippen LogP) is 3.47. The number of aromatic nitrogens is 2. The van der Waals surface area contributed by atoms with Gasteiger partial charge in [0.2, 0.25) is 5.91 Å². The second-order valence-electron chi connectivity index (χ2n) is 13.3. The number of fused-ring (bicyclic) bond motifs is 2. The van der Waals surface area contributed by atoms with E-state index in [2.05, 4.69) is 25.5 Å². The van der Waals surface area contributed by atoms with E-state index in [-0.39, 0.29) is 29.7 Å². The molecule has 4 N–H and O–H groups in total. The Labute approximate surface area is 268 Å². The second kappa shape index (κ2) is 13.2. The van der Waals surface area contributed by atoms with Crippen LogP contribution in [0.2, 0.25) is 0 Å². The Bertz CT molecular complexity index is 1630. The molecule has 0 radical (unpaired) electrons. The Kier molecular flexibility index (Phi) is 8.70. The lowest BCUT2D eigenvalue weighted by molar-refractivity contribution is -0.134. The molecule has 7 rings (SSSR count). The minimum atomic E-state index is -0.732. The van der Waals surface area contributed by atoms with Crippen molar-refractivity contribution < 1.29 is 14.4 Å². The van der Waals surface area contributed by atoms with Crippen LogP contribution in [0.3, 0.4) is 0 Å². The number of piperidine rings is 3. The quantitative estimate of drug-likeness (QED) is 0.332. The van der Waals surface area contributed by atoms with Crippen LogP contribution in [0.25, 0.3) is 11.0 Å². The Morgan fingerprint density at radius 2 is 1.50 bits per heavy atom. The van der Waals surface area contributed by atoms with Crippen LogP contribution in [-0.4, -0.2) is 105 Å². The van der Waals surface area contributed by atoms with Crippen molar-refractivity contribution in [3.05, 3.63) is 64.1 Å². The summed E-state index contributed by atoms with van der Waals surface area (Å²) in [6.45, 7) is 5.22. The molecule has 0 saturated carbocycles. The molecule has 0 aliphatic carbocycles. The number of hydrogen-bond acceptors (Lipinski definition) is 5. The number of carbonyl (C=O) groups is 3. The first-order valence-electron chi connectivity index (χ1n) is 16.9. The maximum Gasteiger partial charge on any atom is 0.323 e. The number of carbonyl (C=O) groups excluding carboxylic acids is 3. The minimum absolute atomic E-state index is 0.0336. The van der Waals surface area contributed by atoms with Gasteiger partial charge in [-0.2, -0.15) is 0 Å². The number of amides is 5. The Morgan fingerprint density at radius 3 is 2.28 bits per heavy atom. The molecule has 0 unspecified atom stereocenters. The van der Waals surface area contributed by atoms with Crippen molar-refractivity contribution in [1.29, 1.82) is 0 Å². The Morgan fingerprint density at radius 1 is 0.804 bits per heavy atom. The molecule has 12 nitrogen and oxygen atoms in total. The summed E-state index contributed by atoms with van der Waals surface area (Å²) in [5.41, 5.74) is 3.90. The second-order valence-corrected chi connectivity index (χ2v) is 13.3. The number of H-pyrrole nitrogens is 2. The van der Waals surface area contributed by atoms with E-state index in [1.165, 1.54) is 19.3 Å². The molecule has 12 heteroatoms. The fraction of sp³-hybridized carbons (Fsp3) is 0.529. The fourth-order valence-corrected chi connectivity index (χ4v) is 7.74. The van der Waals surface area contributed by atoms with Crippen LogP contribution >= 0.6 is 0 Å². The normalized spacial score (nSPS) is 20.8. The predicted molar refractivity (Wildman–Crippen MR) is 176 cm³/mol. The van der Waals surface area contributed by atoms with Crippen LogP contribution in [0.5, 0.6) is 0 Å². The topological polar surface area (TPSA) is 137 Å². The first-order valence-corrected chi connectivity index (χ1v) is 16.9. The molecule has 3 saturated heterocycles. The number of nitrogens with zero attached hydrogens (tertiary/aromatic N) is 4. The largest absolute Gasteiger partial charge is 0.341 e. The van der Waals surface area contributed by atoms with Crippen LogP contribution < -0.4 is 16.3 Å². The summed E-state index contributed by atoms with van der Waals surface area (Å²) < 4.78 is 0. The highest BCUT2D eigenvalue weighted by atomic mass is 16.2. The lowest BCUT2D eigenvalue weighted by Gasteiger charge is -2.42. The summed E-state index contributed by atoms with van der Waals surface area (Å²) in [5.74, 6) is -0.0633. The Balaban J connectivity index is 1.00. The number of anilines is 1. The summed E-state index contributed by atoms with van der Waals surface area (Å²) in [6.07, 6.45) is 7.37. The maximum atomic E-state index is 14.0. The van der Waals surface area contributed by atoms with Gasteiger partial charge in [-0.1, -0.05) is 30.7 Å². The first kappa shape index (κ1) is 30.3. The summed E-state index contributed by atoms with van der Waals surface area (Å²) in [7, 11) is 0. The molecule has 244 valence electrons. The summed E-state index contributed by atoms with van der Waals surface area (Å²) >= 11 is 0. The molecule has 3 fully saturated rings. The van der Waals surface area contributed by atoms with E-state index in [1.54, 1.807) is 4.90 Å². The Hall–Kier alpha value is -4.32. The summed E-state index contributed by atoms with van der Waals surface area (Å²) in [6, 6.07) is 12.9. The molecule has 5 heterocycles. The standard InChI is InChI=1S/C34H44N8O4/c43-31(40-16-10-25(11-17-40)39-14-4-1-5-15-39)30(21-23-8-9-28-29(20-23)36-32(44)35-28)38-33(45)41-18-12-26(13-19-41)42-22-24-6-2-3-7-27(24)37-34(42)46/h2-3,6-9,20,25-26,30H,1,4-5,10-19,21-22H2,(H,37,46)(H,38,45)(H2,35,36,44)/t30-/m1/s1. The number of para-hydroxylation sites is 1.